The molecule has 0 aliphatic rings. The van der Waals surface area contributed by atoms with E-state index >= 15 is 0 Å². The number of phosphoric acid groups is 1. The van der Waals surface area contributed by atoms with Gasteiger partial charge in [-0.2, -0.15) is 0 Å². The van der Waals surface area contributed by atoms with Crippen molar-refractivity contribution in [1.29, 1.82) is 0 Å². The third-order valence-electron chi connectivity index (χ3n) is 1.46. The second-order valence-corrected chi connectivity index (χ2v) is 4.23. The van der Waals surface area contributed by atoms with Gasteiger partial charge in [0, 0.05) is 0 Å². The minimum absolute atomic E-state index is 0.107. The molecular weight excluding hydrogens is 191 g/mol. The van der Waals surface area contributed by atoms with Crippen LogP contribution in [0.15, 0.2) is 0 Å². The maximum atomic E-state index is 11.7. The summed E-state index contributed by atoms with van der Waals surface area (Å²) < 4.78 is 26.8. The predicted molar refractivity (Wildman–Crippen MR) is 51.7 cm³/mol. The first-order valence-corrected chi connectivity index (χ1v) is 6.11. The van der Waals surface area contributed by atoms with Gasteiger partial charge in [-0.3, -0.25) is 13.6 Å². The highest BCUT2D eigenvalue weighted by atomic mass is 31.2. The van der Waals surface area contributed by atoms with Crippen molar-refractivity contribution in [3.8, 4) is 0 Å². The molecule has 0 aliphatic heterocycles. The molecule has 0 fully saturated rings. The fourth-order valence-corrected chi connectivity index (χ4v) is 2.13. The summed E-state index contributed by atoms with van der Waals surface area (Å²) in [5.41, 5.74) is 0. The normalized spacial score (nSPS) is 14.5. The third kappa shape index (κ3) is 5.42. The average Bonchev–Trinajstić information content (AvgIpc) is 2.04. The van der Waals surface area contributed by atoms with E-state index in [0.29, 0.717) is 13.2 Å². The van der Waals surface area contributed by atoms with Gasteiger partial charge in [0.2, 0.25) is 0 Å². The van der Waals surface area contributed by atoms with E-state index in [1.807, 2.05) is 13.8 Å². The van der Waals surface area contributed by atoms with Gasteiger partial charge >= 0.3 is 7.82 Å². The Morgan fingerprint density at radius 2 is 1.62 bits per heavy atom. The van der Waals surface area contributed by atoms with Gasteiger partial charge in [-0.05, 0) is 27.2 Å². The SMILES string of the molecule is CCOP(=O)(OCC)O[C@H](C)CC. The Kier molecular flexibility index (Phi) is 6.60. The minimum atomic E-state index is -3.29. The van der Waals surface area contributed by atoms with E-state index in [2.05, 4.69) is 0 Å². The molecule has 0 rings (SSSR count). The molecule has 4 nitrogen and oxygen atoms in total. The van der Waals surface area contributed by atoms with Crippen molar-refractivity contribution in [2.75, 3.05) is 13.2 Å². The second kappa shape index (κ2) is 6.55. The molecule has 1 atom stereocenters. The Balaban J connectivity index is 4.14. The summed E-state index contributed by atoms with van der Waals surface area (Å²) in [5, 5.41) is 0. The minimum Gasteiger partial charge on any atom is -0.287 e. The van der Waals surface area contributed by atoms with E-state index in [1.165, 1.54) is 0 Å². The smallest absolute Gasteiger partial charge is 0.287 e. The summed E-state index contributed by atoms with van der Waals surface area (Å²) >= 11 is 0. The highest BCUT2D eigenvalue weighted by Crippen LogP contribution is 2.50. The van der Waals surface area contributed by atoms with Crippen LogP contribution in [0.2, 0.25) is 0 Å². The van der Waals surface area contributed by atoms with Crippen LogP contribution in [0.5, 0.6) is 0 Å². The summed E-state index contributed by atoms with van der Waals surface area (Å²) in [6.45, 7) is 7.95. The van der Waals surface area contributed by atoms with E-state index in [9.17, 15) is 4.57 Å². The van der Waals surface area contributed by atoms with Gasteiger partial charge in [0.05, 0.1) is 19.3 Å². The Labute approximate surface area is 80.2 Å². The van der Waals surface area contributed by atoms with Crippen LogP contribution in [0, 0.1) is 0 Å². The second-order valence-electron chi connectivity index (χ2n) is 2.61. The first-order valence-electron chi connectivity index (χ1n) is 4.65. The first-order chi connectivity index (χ1) is 6.08. The van der Waals surface area contributed by atoms with Crippen molar-refractivity contribution in [3.63, 3.8) is 0 Å². The van der Waals surface area contributed by atoms with E-state index in [0.717, 1.165) is 6.42 Å². The molecule has 80 valence electrons. The van der Waals surface area contributed by atoms with Crippen LogP contribution < -0.4 is 0 Å². The van der Waals surface area contributed by atoms with Crippen molar-refractivity contribution in [2.24, 2.45) is 0 Å². The molecule has 13 heavy (non-hydrogen) atoms. The molecule has 5 heteroatoms. The van der Waals surface area contributed by atoms with Crippen LogP contribution in [0.4, 0.5) is 0 Å². The predicted octanol–water partition coefficient (Wildman–Crippen LogP) is 2.98. The fraction of sp³-hybridized carbons (Fsp3) is 1.00. The van der Waals surface area contributed by atoms with E-state index in [-0.39, 0.29) is 6.10 Å². The van der Waals surface area contributed by atoms with Crippen LogP contribution in [0.1, 0.15) is 34.1 Å². The zero-order valence-electron chi connectivity index (χ0n) is 8.78. The molecule has 0 aromatic rings. The van der Waals surface area contributed by atoms with Gasteiger partial charge in [0.15, 0.2) is 0 Å². The van der Waals surface area contributed by atoms with Gasteiger partial charge in [0.25, 0.3) is 0 Å². The van der Waals surface area contributed by atoms with Crippen LogP contribution in [-0.4, -0.2) is 19.3 Å². The molecule has 0 heterocycles. The molecule has 0 amide bonds. The van der Waals surface area contributed by atoms with Crippen molar-refractivity contribution in [1.82, 2.24) is 0 Å². The van der Waals surface area contributed by atoms with Crippen molar-refractivity contribution < 1.29 is 18.1 Å². The largest absolute Gasteiger partial charge is 0.475 e. The first kappa shape index (κ1) is 13.1. The van der Waals surface area contributed by atoms with Crippen molar-refractivity contribution in [3.05, 3.63) is 0 Å². The highest BCUT2D eigenvalue weighted by molar-refractivity contribution is 7.48. The van der Waals surface area contributed by atoms with Gasteiger partial charge in [-0.25, -0.2) is 4.57 Å². The molecule has 0 saturated carbocycles. The molecule has 0 aromatic carbocycles. The van der Waals surface area contributed by atoms with Crippen molar-refractivity contribution >= 4 is 7.82 Å². The summed E-state index contributed by atoms with van der Waals surface area (Å²) in [4.78, 5) is 0. The van der Waals surface area contributed by atoms with E-state index < -0.39 is 7.82 Å². The molecular formula is C8H19O4P. The molecule has 0 aromatic heterocycles. The average molecular weight is 210 g/mol. The molecule has 0 saturated heterocycles. The van der Waals surface area contributed by atoms with Crippen LogP contribution in [0.3, 0.4) is 0 Å². The topological polar surface area (TPSA) is 44.8 Å². The maximum Gasteiger partial charge on any atom is 0.475 e. The quantitative estimate of drug-likeness (QED) is 0.606. The lowest BCUT2D eigenvalue weighted by Gasteiger charge is -2.19. The zero-order chi connectivity index (χ0) is 10.3. The third-order valence-corrected chi connectivity index (χ3v) is 3.23. The zero-order valence-corrected chi connectivity index (χ0v) is 9.67. The summed E-state index contributed by atoms with van der Waals surface area (Å²) in [6, 6.07) is 0. The Bertz CT molecular complexity index is 162. The highest BCUT2D eigenvalue weighted by Gasteiger charge is 2.27. The molecule has 0 bridgehead atoms. The summed E-state index contributed by atoms with van der Waals surface area (Å²) in [6.07, 6.45) is 0.674. The van der Waals surface area contributed by atoms with Crippen molar-refractivity contribution in [2.45, 2.75) is 40.2 Å². The van der Waals surface area contributed by atoms with Gasteiger partial charge in [0.1, 0.15) is 0 Å². The standard InChI is InChI=1S/C8H19O4P/c1-5-8(4)12-13(9,10-6-2)11-7-3/h8H,5-7H2,1-4H3/t8-/m1/s1. The Hall–Kier alpha value is 0.110. The number of phosphoric ester groups is 1. The molecule has 0 N–H and O–H groups in total. The monoisotopic (exact) mass is 210 g/mol. The number of hydrogen-bond acceptors (Lipinski definition) is 4. The number of rotatable bonds is 7. The fourth-order valence-electron chi connectivity index (χ4n) is 0.709. The molecule has 0 unspecified atom stereocenters. The lowest BCUT2D eigenvalue weighted by Crippen LogP contribution is -2.08. The number of hydrogen-bond donors (Lipinski definition) is 0. The Morgan fingerprint density at radius 1 is 1.15 bits per heavy atom. The van der Waals surface area contributed by atoms with Gasteiger partial charge in [-0.1, -0.05) is 6.92 Å². The van der Waals surface area contributed by atoms with Crippen LogP contribution in [-0.2, 0) is 18.1 Å². The van der Waals surface area contributed by atoms with Crippen LogP contribution in [0.25, 0.3) is 0 Å². The van der Waals surface area contributed by atoms with E-state index in [1.54, 1.807) is 13.8 Å². The van der Waals surface area contributed by atoms with Crippen LogP contribution >= 0.6 is 7.82 Å². The van der Waals surface area contributed by atoms with Gasteiger partial charge in [-0.15, -0.1) is 0 Å². The lowest BCUT2D eigenvalue weighted by molar-refractivity contribution is 0.0894. The molecule has 0 radical (unpaired) electrons. The maximum absolute atomic E-state index is 11.7. The lowest BCUT2D eigenvalue weighted by atomic mass is 10.3. The molecule has 0 spiro atoms. The Morgan fingerprint density at radius 3 is 1.92 bits per heavy atom. The van der Waals surface area contributed by atoms with Gasteiger partial charge < -0.3 is 0 Å². The summed E-state index contributed by atoms with van der Waals surface area (Å²) in [5.74, 6) is 0. The summed E-state index contributed by atoms with van der Waals surface area (Å²) in [7, 11) is -3.29. The van der Waals surface area contributed by atoms with E-state index in [4.69, 9.17) is 13.6 Å². The molecule has 0 aliphatic carbocycles.